The number of Topliss-reactive ketones (excluding diaryl/α,β-unsaturated/α-hetero) is 1. The summed E-state index contributed by atoms with van der Waals surface area (Å²) in [5.74, 6) is 1.15. The van der Waals surface area contributed by atoms with Gasteiger partial charge in [0.2, 0.25) is 5.78 Å². The molecule has 0 saturated heterocycles. The predicted octanol–water partition coefficient (Wildman–Crippen LogP) is 4.24. The van der Waals surface area contributed by atoms with Crippen molar-refractivity contribution in [3.63, 3.8) is 0 Å². The van der Waals surface area contributed by atoms with Crippen molar-refractivity contribution in [1.82, 2.24) is 9.72 Å². The van der Waals surface area contributed by atoms with E-state index in [9.17, 15) is 10.1 Å². The van der Waals surface area contributed by atoms with Crippen LogP contribution >= 0.6 is 11.3 Å². The Bertz CT molecular complexity index is 969. The minimum absolute atomic E-state index is 0.119. The van der Waals surface area contributed by atoms with Crippen molar-refractivity contribution in [2.75, 3.05) is 0 Å². The number of carbonyl (C=O) groups excluding carboxylic acids is 1. The van der Waals surface area contributed by atoms with E-state index in [0.29, 0.717) is 10.7 Å². The lowest BCUT2D eigenvalue weighted by molar-refractivity contribution is 0.104. The molecule has 0 bridgehead atoms. The van der Waals surface area contributed by atoms with Crippen molar-refractivity contribution in [2.24, 2.45) is 0 Å². The SMILES string of the molecule is Cc1cc(-n2c(C)cc(C=C(C#N)C(=O)c3cccs3)c2C)no1. The quantitative estimate of drug-likeness (QED) is 0.405. The van der Waals surface area contributed by atoms with Gasteiger partial charge >= 0.3 is 0 Å². The first kappa shape index (κ1) is 16.0. The molecule has 0 amide bonds. The molecule has 24 heavy (non-hydrogen) atoms. The van der Waals surface area contributed by atoms with E-state index >= 15 is 0 Å². The van der Waals surface area contributed by atoms with Gasteiger partial charge in [0.25, 0.3) is 0 Å². The molecule has 0 fully saturated rings. The number of aryl methyl sites for hydroxylation is 2. The molecule has 0 unspecified atom stereocenters. The van der Waals surface area contributed by atoms with Crippen LogP contribution in [0.15, 0.2) is 39.7 Å². The van der Waals surface area contributed by atoms with Crippen molar-refractivity contribution >= 4 is 23.2 Å². The first-order valence-corrected chi connectivity index (χ1v) is 8.22. The zero-order valence-electron chi connectivity index (χ0n) is 13.5. The summed E-state index contributed by atoms with van der Waals surface area (Å²) in [5.41, 5.74) is 2.78. The number of rotatable bonds is 4. The summed E-state index contributed by atoms with van der Waals surface area (Å²) in [4.78, 5) is 13.0. The Morgan fingerprint density at radius 3 is 2.75 bits per heavy atom. The van der Waals surface area contributed by atoms with Gasteiger partial charge in [-0.25, -0.2) is 0 Å². The fraction of sp³-hybridized carbons (Fsp3) is 0.167. The molecule has 0 aliphatic heterocycles. The van der Waals surface area contributed by atoms with Crippen molar-refractivity contribution in [3.05, 3.63) is 62.8 Å². The number of hydrogen-bond acceptors (Lipinski definition) is 5. The minimum atomic E-state index is -0.255. The van der Waals surface area contributed by atoms with Crippen LogP contribution in [-0.2, 0) is 0 Å². The smallest absolute Gasteiger partial charge is 0.213 e. The van der Waals surface area contributed by atoms with E-state index in [2.05, 4.69) is 5.16 Å². The van der Waals surface area contributed by atoms with Crippen LogP contribution in [0.25, 0.3) is 11.9 Å². The second kappa shape index (κ2) is 6.30. The molecule has 0 radical (unpaired) electrons. The molecule has 3 rings (SSSR count). The molecular weight excluding hydrogens is 322 g/mol. The molecule has 3 aromatic heterocycles. The molecule has 6 heteroatoms. The fourth-order valence-corrected chi connectivity index (χ4v) is 3.27. The number of allylic oxidation sites excluding steroid dienone is 1. The molecule has 0 aromatic carbocycles. The molecular formula is C18H15N3O2S. The molecule has 3 heterocycles. The number of ketones is 1. The fourth-order valence-electron chi connectivity index (χ4n) is 2.59. The van der Waals surface area contributed by atoms with E-state index in [-0.39, 0.29) is 11.4 Å². The van der Waals surface area contributed by atoms with Gasteiger partial charge in [0.15, 0.2) is 5.82 Å². The number of hydrogen-bond donors (Lipinski definition) is 0. The van der Waals surface area contributed by atoms with Crippen LogP contribution in [0.5, 0.6) is 0 Å². The third kappa shape index (κ3) is 2.82. The number of nitrogens with zero attached hydrogens (tertiary/aromatic N) is 3. The molecule has 0 atom stereocenters. The second-order valence-electron chi connectivity index (χ2n) is 5.43. The molecule has 5 nitrogen and oxygen atoms in total. The predicted molar refractivity (Wildman–Crippen MR) is 92.3 cm³/mol. The largest absolute Gasteiger partial charge is 0.360 e. The van der Waals surface area contributed by atoms with Gasteiger partial charge in [-0.15, -0.1) is 11.3 Å². The van der Waals surface area contributed by atoms with Gasteiger partial charge < -0.3 is 4.52 Å². The maximum Gasteiger partial charge on any atom is 0.213 e. The molecule has 0 N–H and O–H groups in total. The van der Waals surface area contributed by atoms with Gasteiger partial charge in [0, 0.05) is 17.5 Å². The summed E-state index contributed by atoms with van der Waals surface area (Å²) >= 11 is 1.33. The first-order valence-electron chi connectivity index (χ1n) is 7.34. The number of thiophene rings is 1. The highest BCUT2D eigenvalue weighted by molar-refractivity contribution is 7.12. The summed E-state index contributed by atoms with van der Waals surface area (Å²) in [7, 11) is 0. The summed E-state index contributed by atoms with van der Waals surface area (Å²) < 4.78 is 7.07. The molecule has 0 saturated carbocycles. The van der Waals surface area contributed by atoms with E-state index in [1.54, 1.807) is 18.2 Å². The molecule has 0 aliphatic carbocycles. The highest BCUT2D eigenvalue weighted by Crippen LogP contribution is 2.24. The van der Waals surface area contributed by atoms with E-state index in [1.165, 1.54) is 11.3 Å². The van der Waals surface area contributed by atoms with Crippen LogP contribution in [0.1, 0.15) is 32.4 Å². The maximum absolute atomic E-state index is 12.4. The highest BCUT2D eigenvalue weighted by Gasteiger charge is 2.16. The van der Waals surface area contributed by atoms with Crippen LogP contribution in [0.2, 0.25) is 0 Å². The van der Waals surface area contributed by atoms with Gasteiger partial charge in [-0.3, -0.25) is 9.36 Å². The Hall–Kier alpha value is -2.91. The van der Waals surface area contributed by atoms with Crippen molar-refractivity contribution in [1.29, 1.82) is 5.26 Å². The zero-order valence-corrected chi connectivity index (χ0v) is 14.3. The Balaban J connectivity index is 2.04. The zero-order chi connectivity index (χ0) is 17.3. The maximum atomic E-state index is 12.4. The molecule has 0 aliphatic rings. The standard InChI is InChI=1S/C18H15N3O2S/c1-11-7-14(13(3)21(11)17-8-12(2)23-20-17)9-15(10-19)18(22)16-5-4-6-24-16/h4-9H,1-3H3. The lowest BCUT2D eigenvalue weighted by atomic mass is 10.1. The summed E-state index contributed by atoms with van der Waals surface area (Å²) in [6.45, 7) is 5.70. The van der Waals surface area contributed by atoms with E-state index in [1.807, 2.05) is 48.9 Å². The first-order chi connectivity index (χ1) is 11.5. The van der Waals surface area contributed by atoms with Gasteiger partial charge in [-0.1, -0.05) is 11.2 Å². The minimum Gasteiger partial charge on any atom is -0.360 e. The average molecular weight is 337 g/mol. The summed E-state index contributed by atoms with van der Waals surface area (Å²) in [6.07, 6.45) is 1.63. The van der Waals surface area contributed by atoms with E-state index < -0.39 is 0 Å². The van der Waals surface area contributed by atoms with Crippen molar-refractivity contribution in [2.45, 2.75) is 20.8 Å². The highest BCUT2D eigenvalue weighted by atomic mass is 32.1. The van der Waals surface area contributed by atoms with Crippen LogP contribution in [-0.4, -0.2) is 15.5 Å². The van der Waals surface area contributed by atoms with Gasteiger partial charge in [0.1, 0.15) is 17.4 Å². The Labute approximate surface area is 143 Å². The van der Waals surface area contributed by atoms with Gasteiger partial charge in [-0.2, -0.15) is 5.26 Å². The monoisotopic (exact) mass is 337 g/mol. The molecule has 120 valence electrons. The second-order valence-corrected chi connectivity index (χ2v) is 6.38. The molecule has 3 aromatic rings. The lowest BCUT2D eigenvalue weighted by Crippen LogP contribution is -2.00. The Morgan fingerprint density at radius 2 is 2.17 bits per heavy atom. The molecule has 0 spiro atoms. The summed E-state index contributed by atoms with van der Waals surface area (Å²) in [5, 5.41) is 15.2. The number of nitriles is 1. The topological polar surface area (TPSA) is 71.8 Å². The van der Waals surface area contributed by atoms with Crippen molar-refractivity contribution < 1.29 is 9.32 Å². The van der Waals surface area contributed by atoms with E-state index in [4.69, 9.17) is 4.52 Å². The van der Waals surface area contributed by atoms with Crippen LogP contribution < -0.4 is 0 Å². The van der Waals surface area contributed by atoms with Crippen LogP contribution in [0, 0.1) is 32.1 Å². The normalized spacial score (nSPS) is 11.5. The Kier molecular flexibility index (Phi) is 4.19. The Morgan fingerprint density at radius 1 is 1.38 bits per heavy atom. The van der Waals surface area contributed by atoms with Crippen LogP contribution in [0.3, 0.4) is 0 Å². The van der Waals surface area contributed by atoms with E-state index in [0.717, 1.165) is 22.7 Å². The van der Waals surface area contributed by atoms with Gasteiger partial charge in [0.05, 0.1) is 4.88 Å². The van der Waals surface area contributed by atoms with Crippen molar-refractivity contribution in [3.8, 4) is 11.9 Å². The average Bonchev–Trinajstić information content (AvgIpc) is 3.27. The lowest BCUT2D eigenvalue weighted by Gasteiger charge is -2.04. The number of aromatic nitrogens is 2. The van der Waals surface area contributed by atoms with Gasteiger partial charge in [-0.05, 0) is 49.9 Å². The third-order valence-corrected chi connectivity index (χ3v) is 4.59. The third-order valence-electron chi connectivity index (χ3n) is 3.72. The number of carbonyl (C=O) groups is 1. The van der Waals surface area contributed by atoms with Crippen LogP contribution in [0.4, 0.5) is 0 Å². The summed E-state index contributed by atoms with van der Waals surface area (Å²) in [6, 6.07) is 9.30.